The van der Waals surface area contributed by atoms with Crippen LogP contribution < -0.4 is 15.4 Å². The minimum absolute atomic E-state index is 0.510. The first-order valence-corrected chi connectivity index (χ1v) is 6.84. The van der Waals surface area contributed by atoms with Gasteiger partial charge in [-0.05, 0) is 25.0 Å². The first kappa shape index (κ1) is 10.5. The van der Waals surface area contributed by atoms with Gasteiger partial charge in [0.15, 0.2) is 0 Å². The van der Waals surface area contributed by atoms with E-state index in [0.29, 0.717) is 6.04 Å². The van der Waals surface area contributed by atoms with Crippen molar-refractivity contribution in [3.63, 3.8) is 0 Å². The first-order valence-electron chi connectivity index (χ1n) is 6.84. The zero-order chi connectivity index (χ0) is 12.1. The normalized spacial score (nSPS) is 27.3. The van der Waals surface area contributed by atoms with E-state index in [2.05, 4.69) is 15.9 Å². The molecule has 3 aliphatic rings. The van der Waals surface area contributed by atoms with Crippen LogP contribution in [-0.4, -0.2) is 43.2 Å². The number of anilines is 2. The molecule has 4 heteroatoms. The second-order valence-corrected chi connectivity index (χ2v) is 5.61. The molecule has 4 rings (SSSR count). The van der Waals surface area contributed by atoms with Gasteiger partial charge in [0.25, 0.3) is 0 Å². The molecule has 1 aliphatic carbocycles. The Hall–Kier alpha value is -1.42. The van der Waals surface area contributed by atoms with Crippen molar-refractivity contribution in [1.82, 2.24) is 4.90 Å². The van der Waals surface area contributed by atoms with Crippen LogP contribution in [0.15, 0.2) is 18.2 Å². The fourth-order valence-electron chi connectivity index (χ4n) is 3.18. The number of nitrogen functional groups attached to an aromatic ring is 1. The van der Waals surface area contributed by atoms with Gasteiger partial charge in [0, 0.05) is 37.4 Å². The Morgan fingerprint density at radius 2 is 2.06 bits per heavy atom. The number of hydrogen-bond donors (Lipinski definition) is 1. The van der Waals surface area contributed by atoms with Crippen LogP contribution in [-0.2, 0) is 0 Å². The summed E-state index contributed by atoms with van der Waals surface area (Å²) < 4.78 is 5.87. The van der Waals surface area contributed by atoms with Gasteiger partial charge in [-0.15, -0.1) is 0 Å². The number of benzene rings is 1. The van der Waals surface area contributed by atoms with E-state index in [-0.39, 0.29) is 0 Å². The number of nitrogens with two attached hydrogens (primary N) is 1. The Labute approximate surface area is 107 Å². The van der Waals surface area contributed by atoms with Gasteiger partial charge in [0.2, 0.25) is 0 Å². The second-order valence-electron chi connectivity index (χ2n) is 5.61. The van der Waals surface area contributed by atoms with Crippen molar-refractivity contribution in [2.24, 2.45) is 0 Å². The van der Waals surface area contributed by atoms with Crippen molar-refractivity contribution in [3.8, 4) is 5.75 Å². The van der Waals surface area contributed by atoms with Gasteiger partial charge in [-0.25, -0.2) is 0 Å². The average molecular weight is 245 g/mol. The van der Waals surface area contributed by atoms with E-state index >= 15 is 0 Å². The highest BCUT2D eigenvalue weighted by atomic mass is 16.5. The summed E-state index contributed by atoms with van der Waals surface area (Å²) in [5.41, 5.74) is 7.81. The fourth-order valence-corrected chi connectivity index (χ4v) is 3.18. The third kappa shape index (κ3) is 1.63. The van der Waals surface area contributed by atoms with E-state index in [1.54, 1.807) is 0 Å². The molecule has 4 nitrogen and oxygen atoms in total. The molecule has 0 radical (unpaired) electrons. The lowest BCUT2D eigenvalue weighted by atomic mass is 10.1. The van der Waals surface area contributed by atoms with Crippen LogP contribution in [0.2, 0.25) is 0 Å². The molecule has 1 aromatic carbocycles. The molecule has 1 atom stereocenters. The lowest BCUT2D eigenvalue weighted by Gasteiger charge is -2.45. The summed E-state index contributed by atoms with van der Waals surface area (Å²) in [6.45, 7) is 4.24. The SMILES string of the molecule is Nc1ccc2c(c1)OC[C@H]1CN(C3CC3)CCN21. The molecular formula is C14H19N3O. The summed E-state index contributed by atoms with van der Waals surface area (Å²) in [4.78, 5) is 5.13. The van der Waals surface area contributed by atoms with E-state index in [4.69, 9.17) is 10.5 Å². The fraction of sp³-hybridized carbons (Fsp3) is 0.571. The standard InChI is InChI=1S/C14H19N3O/c15-10-1-4-13-14(7-10)18-9-12-8-16(11-2-3-11)5-6-17(12)13/h1,4,7,11-12H,2-3,5-6,8-9,15H2/t12-/m1/s1. The number of fused-ring (bicyclic) bond motifs is 3. The van der Waals surface area contributed by atoms with Gasteiger partial charge < -0.3 is 15.4 Å². The Balaban J connectivity index is 1.60. The van der Waals surface area contributed by atoms with Crippen LogP contribution in [0.25, 0.3) is 0 Å². The number of ether oxygens (including phenoxy) is 1. The second kappa shape index (κ2) is 3.79. The van der Waals surface area contributed by atoms with Crippen LogP contribution >= 0.6 is 0 Å². The van der Waals surface area contributed by atoms with Crippen LogP contribution in [0.5, 0.6) is 5.75 Å². The van der Waals surface area contributed by atoms with Crippen LogP contribution in [0, 0.1) is 0 Å². The van der Waals surface area contributed by atoms with Crippen LogP contribution in [0.4, 0.5) is 11.4 Å². The molecule has 0 amide bonds. The zero-order valence-electron chi connectivity index (χ0n) is 10.5. The van der Waals surface area contributed by atoms with Crippen LogP contribution in [0.3, 0.4) is 0 Å². The molecule has 2 N–H and O–H groups in total. The molecule has 1 saturated carbocycles. The molecule has 1 saturated heterocycles. The molecule has 2 heterocycles. The Bertz CT molecular complexity index is 472. The smallest absolute Gasteiger partial charge is 0.144 e. The molecule has 18 heavy (non-hydrogen) atoms. The highest BCUT2D eigenvalue weighted by Gasteiger charge is 2.38. The van der Waals surface area contributed by atoms with Crippen molar-refractivity contribution in [3.05, 3.63) is 18.2 Å². The third-order valence-electron chi connectivity index (χ3n) is 4.30. The topological polar surface area (TPSA) is 41.7 Å². The molecule has 0 aromatic heterocycles. The van der Waals surface area contributed by atoms with Gasteiger partial charge in [0.05, 0.1) is 11.7 Å². The molecule has 2 fully saturated rings. The molecule has 0 unspecified atom stereocenters. The lowest BCUT2D eigenvalue weighted by Crippen LogP contribution is -2.57. The van der Waals surface area contributed by atoms with Gasteiger partial charge in [-0.3, -0.25) is 4.90 Å². The summed E-state index contributed by atoms with van der Waals surface area (Å²) in [6.07, 6.45) is 2.78. The summed E-state index contributed by atoms with van der Waals surface area (Å²) in [5.74, 6) is 0.950. The molecular weight excluding hydrogens is 226 g/mol. The minimum atomic E-state index is 0.510. The van der Waals surface area contributed by atoms with Gasteiger partial charge in [0.1, 0.15) is 12.4 Å². The maximum absolute atomic E-state index is 5.87. The summed E-state index contributed by atoms with van der Waals surface area (Å²) in [6, 6.07) is 7.38. The Morgan fingerprint density at radius 1 is 1.17 bits per heavy atom. The Kier molecular flexibility index (Phi) is 2.21. The zero-order valence-corrected chi connectivity index (χ0v) is 10.5. The monoisotopic (exact) mass is 245 g/mol. The van der Waals surface area contributed by atoms with Crippen molar-refractivity contribution in [2.75, 3.05) is 36.9 Å². The lowest BCUT2D eigenvalue weighted by molar-refractivity contribution is 0.161. The molecule has 2 aliphatic heterocycles. The third-order valence-corrected chi connectivity index (χ3v) is 4.30. The number of nitrogens with zero attached hydrogens (tertiary/aromatic N) is 2. The highest BCUT2D eigenvalue weighted by molar-refractivity contribution is 5.66. The average Bonchev–Trinajstić information content (AvgIpc) is 3.22. The molecule has 96 valence electrons. The van der Waals surface area contributed by atoms with Crippen molar-refractivity contribution in [2.45, 2.75) is 24.9 Å². The Morgan fingerprint density at radius 3 is 2.89 bits per heavy atom. The van der Waals surface area contributed by atoms with Crippen LogP contribution in [0.1, 0.15) is 12.8 Å². The number of piperazine rings is 1. The maximum Gasteiger partial charge on any atom is 0.144 e. The van der Waals surface area contributed by atoms with Crippen molar-refractivity contribution < 1.29 is 4.74 Å². The predicted molar refractivity (Wildman–Crippen MR) is 72.1 cm³/mol. The highest BCUT2D eigenvalue weighted by Crippen LogP contribution is 2.38. The molecule has 1 aromatic rings. The van der Waals surface area contributed by atoms with Crippen molar-refractivity contribution >= 4 is 11.4 Å². The minimum Gasteiger partial charge on any atom is -0.489 e. The molecule has 0 bridgehead atoms. The van der Waals surface area contributed by atoms with Gasteiger partial charge in [-0.1, -0.05) is 0 Å². The summed E-state index contributed by atoms with van der Waals surface area (Å²) >= 11 is 0. The largest absolute Gasteiger partial charge is 0.489 e. The van der Waals surface area contributed by atoms with E-state index in [1.807, 2.05) is 12.1 Å². The predicted octanol–water partition coefficient (Wildman–Crippen LogP) is 1.31. The van der Waals surface area contributed by atoms with Gasteiger partial charge in [-0.2, -0.15) is 0 Å². The van der Waals surface area contributed by atoms with E-state index in [1.165, 1.54) is 25.1 Å². The van der Waals surface area contributed by atoms with Gasteiger partial charge >= 0.3 is 0 Å². The molecule has 0 spiro atoms. The summed E-state index contributed by atoms with van der Waals surface area (Å²) in [5, 5.41) is 0. The summed E-state index contributed by atoms with van der Waals surface area (Å²) in [7, 11) is 0. The number of hydrogen-bond acceptors (Lipinski definition) is 4. The van der Waals surface area contributed by atoms with E-state index < -0.39 is 0 Å². The van der Waals surface area contributed by atoms with E-state index in [0.717, 1.165) is 37.2 Å². The van der Waals surface area contributed by atoms with Crippen molar-refractivity contribution in [1.29, 1.82) is 0 Å². The quantitative estimate of drug-likeness (QED) is 0.758. The maximum atomic E-state index is 5.87. The van der Waals surface area contributed by atoms with E-state index in [9.17, 15) is 0 Å². The number of rotatable bonds is 1. The first-order chi connectivity index (χ1) is 8.81.